The predicted molar refractivity (Wildman–Crippen MR) is 66.4 cm³/mol. The first-order valence-corrected chi connectivity index (χ1v) is 5.47. The molecule has 90 valence electrons. The topological polar surface area (TPSA) is 81.8 Å². The van der Waals surface area contributed by atoms with Crippen LogP contribution >= 0.6 is 0 Å². The number of hydrogen-bond acceptors (Lipinski definition) is 5. The number of anilines is 1. The second-order valence-corrected chi connectivity index (χ2v) is 3.70. The number of aromatic nitrogens is 2. The predicted octanol–water partition coefficient (Wildman–Crippen LogP) is 1.45. The van der Waals surface area contributed by atoms with Crippen LogP contribution in [-0.4, -0.2) is 15.1 Å². The summed E-state index contributed by atoms with van der Waals surface area (Å²) in [6, 6.07) is 9.55. The highest BCUT2D eigenvalue weighted by Gasteiger charge is 2.03. The summed E-state index contributed by atoms with van der Waals surface area (Å²) < 4.78 is 0. The third kappa shape index (κ3) is 2.81. The Hall–Kier alpha value is -2.45. The van der Waals surface area contributed by atoms with Gasteiger partial charge in [-0.15, -0.1) is 0 Å². The van der Waals surface area contributed by atoms with Crippen molar-refractivity contribution >= 4 is 5.82 Å². The number of benzene rings is 1. The molecule has 0 radical (unpaired) electrons. The van der Waals surface area contributed by atoms with Crippen LogP contribution in [-0.2, 0) is 13.2 Å². The van der Waals surface area contributed by atoms with Gasteiger partial charge < -0.3 is 10.4 Å². The molecule has 0 aliphatic heterocycles. The maximum absolute atomic E-state index is 9.04. The third-order valence-corrected chi connectivity index (χ3v) is 2.44. The van der Waals surface area contributed by atoms with Gasteiger partial charge in [0.15, 0.2) is 11.5 Å². The molecule has 0 bridgehead atoms. The normalized spacial score (nSPS) is 9.78. The van der Waals surface area contributed by atoms with E-state index in [4.69, 9.17) is 10.4 Å². The van der Waals surface area contributed by atoms with E-state index in [9.17, 15) is 0 Å². The Morgan fingerprint density at radius 2 is 2.00 bits per heavy atom. The van der Waals surface area contributed by atoms with Gasteiger partial charge >= 0.3 is 0 Å². The lowest BCUT2D eigenvalue weighted by atomic mass is 10.1. The molecular formula is C13H12N4O. The van der Waals surface area contributed by atoms with Crippen molar-refractivity contribution in [3.8, 4) is 6.07 Å². The number of nitriles is 1. The molecule has 0 unspecified atom stereocenters. The van der Waals surface area contributed by atoms with Gasteiger partial charge in [-0.1, -0.05) is 24.3 Å². The fourth-order valence-corrected chi connectivity index (χ4v) is 1.57. The summed E-state index contributed by atoms with van der Waals surface area (Å²) in [5, 5.41) is 21.0. The Kier molecular flexibility index (Phi) is 3.84. The molecule has 0 saturated carbocycles. The summed E-state index contributed by atoms with van der Waals surface area (Å²) in [5.41, 5.74) is 2.14. The zero-order valence-corrected chi connectivity index (χ0v) is 9.67. The van der Waals surface area contributed by atoms with Gasteiger partial charge in [0, 0.05) is 18.9 Å². The molecule has 5 nitrogen and oxygen atoms in total. The van der Waals surface area contributed by atoms with Crippen molar-refractivity contribution in [2.75, 3.05) is 5.32 Å². The van der Waals surface area contributed by atoms with Crippen LogP contribution in [0.25, 0.3) is 0 Å². The number of aliphatic hydroxyl groups excluding tert-OH is 1. The van der Waals surface area contributed by atoms with E-state index in [0.717, 1.165) is 11.1 Å². The van der Waals surface area contributed by atoms with Gasteiger partial charge in [-0.25, -0.2) is 9.97 Å². The standard InChI is InChI=1S/C13H12N4O/c14-7-12-13(16-5-4-15-12)17-8-10-2-1-3-11(6-10)9-18/h1-6,18H,8-9H2,(H,16,17). The monoisotopic (exact) mass is 240 g/mol. The zero-order chi connectivity index (χ0) is 12.8. The molecule has 18 heavy (non-hydrogen) atoms. The summed E-state index contributed by atoms with van der Waals surface area (Å²) in [6.45, 7) is 0.545. The highest BCUT2D eigenvalue weighted by molar-refractivity contribution is 5.47. The summed E-state index contributed by atoms with van der Waals surface area (Å²) >= 11 is 0. The first-order chi connectivity index (χ1) is 8.83. The largest absolute Gasteiger partial charge is 0.392 e. The van der Waals surface area contributed by atoms with Gasteiger partial charge in [0.05, 0.1) is 6.61 Å². The zero-order valence-electron chi connectivity index (χ0n) is 9.67. The smallest absolute Gasteiger partial charge is 0.182 e. The number of nitrogens with one attached hydrogen (secondary N) is 1. The van der Waals surface area contributed by atoms with E-state index < -0.39 is 0 Å². The average molecular weight is 240 g/mol. The molecule has 2 N–H and O–H groups in total. The summed E-state index contributed by atoms with van der Waals surface area (Å²) in [6.07, 6.45) is 3.02. The molecular weight excluding hydrogens is 228 g/mol. The van der Waals surface area contributed by atoms with Gasteiger partial charge in [-0.2, -0.15) is 5.26 Å². The van der Waals surface area contributed by atoms with E-state index >= 15 is 0 Å². The highest BCUT2D eigenvalue weighted by Crippen LogP contribution is 2.10. The van der Waals surface area contributed by atoms with E-state index in [-0.39, 0.29) is 12.3 Å². The fraction of sp³-hybridized carbons (Fsp3) is 0.154. The van der Waals surface area contributed by atoms with E-state index in [1.165, 1.54) is 12.4 Å². The first-order valence-electron chi connectivity index (χ1n) is 5.47. The minimum Gasteiger partial charge on any atom is -0.392 e. The van der Waals surface area contributed by atoms with E-state index in [0.29, 0.717) is 12.4 Å². The Morgan fingerprint density at radius 3 is 2.78 bits per heavy atom. The minimum absolute atomic E-state index is 0.0163. The van der Waals surface area contributed by atoms with Gasteiger partial charge in [-0.05, 0) is 11.1 Å². The van der Waals surface area contributed by atoms with Crippen LogP contribution < -0.4 is 5.32 Å². The van der Waals surface area contributed by atoms with Crippen LogP contribution in [0.1, 0.15) is 16.8 Å². The van der Waals surface area contributed by atoms with E-state index in [1.54, 1.807) is 0 Å². The SMILES string of the molecule is N#Cc1nccnc1NCc1cccc(CO)c1. The van der Waals surface area contributed by atoms with Crippen molar-refractivity contribution in [2.45, 2.75) is 13.2 Å². The Morgan fingerprint density at radius 1 is 1.22 bits per heavy atom. The number of hydrogen-bond donors (Lipinski definition) is 2. The van der Waals surface area contributed by atoms with Gasteiger partial charge in [0.25, 0.3) is 0 Å². The van der Waals surface area contributed by atoms with Crippen molar-refractivity contribution in [2.24, 2.45) is 0 Å². The molecule has 1 aromatic heterocycles. The average Bonchev–Trinajstić information content (AvgIpc) is 2.45. The van der Waals surface area contributed by atoms with Crippen molar-refractivity contribution < 1.29 is 5.11 Å². The van der Waals surface area contributed by atoms with Crippen molar-refractivity contribution in [1.82, 2.24) is 9.97 Å². The molecule has 2 aromatic rings. The quantitative estimate of drug-likeness (QED) is 0.845. The molecule has 1 heterocycles. The van der Waals surface area contributed by atoms with Crippen LogP contribution in [0.15, 0.2) is 36.7 Å². The molecule has 0 fully saturated rings. The van der Waals surface area contributed by atoms with Gasteiger partial charge in [-0.3, -0.25) is 0 Å². The Bertz CT molecular complexity index is 577. The Balaban J connectivity index is 2.09. The second kappa shape index (κ2) is 5.75. The summed E-state index contributed by atoms with van der Waals surface area (Å²) in [5.74, 6) is 0.467. The van der Waals surface area contributed by atoms with Gasteiger partial charge in [0.2, 0.25) is 0 Å². The molecule has 1 aromatic carbocycles. The lowest BCUT2D eigenvalue weighted by molar-refractivity contribution is 0.281. The van der Waals surface area contributed by atoms with E-state index in [1.807, 2.05) is 30.3 Å². The maximum atomic E-state index is 9.04. The van der Waals surface area contributed by atoms with E-state index in [2.05, 4.69) is 15.3 Å². The number of nitrogens with zero attached hydrogens (tertiary/aromatic N) is 3. The van der Waals surface area contributed by atoms with Crippen LogP contribution in [0, 0.1) is 11.3 Å². The summed E-state index contributed by atoms with van der Waals surface area (Å²) in [7, 11) is 0. The van der Waals surface area contributed by atoms with Crippen molar-refractivity contribution in [3.05, 3.63) is 53.5 Å². The second-order valence-electron chi connectivity index (χ2n) is 3.70. The number of aliphatic hydroxyl groups is 1. The first kappa shape index (κ1) is 12.0. The molecule has 0 atom stereocenters. The maximum Gasteiger partial charge on any atom is 0.182 e. The molecule has 2 rings (SSSR count). The van der Waals surface area contributed by atoms with Crippen LogP contribution in [0.4, 0.5) is 5.82 Å². The summed E-state index contributed by atoms with van der Waals surface area (Å²) in [4.78, 5) is 7.98. The third-order valence-electron chi connectivity index (χ3n) is 2.44. The Labute approximate surface area is 105 Å². The number of rotatable bonds is 4. The van der Waals surface area contributed by atoms with Crippen LogP contribution in [0.5, 0.6) is 0 Å². The van der Waals surface area contributed by atoms with Crippen LogP contribution in [0.3, 0.4) is 0 Å². The van der Waals surface area contributed by atoms with Gasteiger partial charge in [0.1, 0.15) is 6.07 Å². The van der Waals surface area contributed by atoms with Crippen LogP contribution in [0.2, 0.25) is 0 Å². The fourth-order valence-electron chi connectivity index (χ4n) is 1.57. The highest BCUT2D eigenvalue weighted by atomic mass is 16.3. The molecule has 0 aliphatic rings. The molecule has 0 spiro atoms. The molecule has 5 heteroatoms. The van der Waals surface area contributed by atoms with Crippen molar-refractivity contribution in [3.63, 3.8) is 0 Å². The molecule has 0 amide bonds. The molecule has 0 saturated heterocycles. The lowest BCUT2D eigenvalue weighted by Crippen LogP contribution is -2.04. The lowest BCUT2D eigenvalue weighted by Gasteiger charge is -2.07. The molecule has 0 aliphatic carbocycles. The minimum atomic E-state index is 0.0163. The van der Waals surface area contributed by atoms with Crippen molar-refractivity contribution in [1.29, 1.82) is 5.26 Å².